The van der Waals surface area contributed by atoms with Crippen LogP contribution in [0.5, 0.6) is 0 Å². The highest BCUT2D eigenvalue weighted by molar-refractivity contribution is 7.99. The Hall–Kier alpha value is 0.270. The average Bonchev–Trinajstić information content (AvgIpc) is 2.03. The van der Waals surface area contributed by atoms with E-state index in [4.69, 9.17) is 4.74 Å². The largest absolute Gasteiger partial charge is 0.377 e. The molecule has 0 unspecified atom stereocenters. The van der Waals surface area contributed by atoms with Crippen molar-refractivity contribution in [3.05, 3.63) is 0 Å². The van der Waals surface area contributed by atoms with E-state index in [-0.39, 0.29) is 0 Å². The Balaban J connectivity index is 3.26. The van der Waals surface area contributed by atoms with E-state index in [1.807, 2.05) is 11.8 Å². The quantitative estimate of drug-likeness (QED) is 0.643. The predicted octanol–water partition coefficient (Wildman–Crippen LogP) is 2.14. The summed E-state index contributed by atoms with van der Waals surface area (Å²) >= 11 is 1.89. The second-order valence-corrected chi connectivity index (χ2v) is 5.57. The topological polar surface area (TPSA) is 21.3 Å². The summed E-state index contributed by atoms with van der Waals surface area (Å²) in [4.78, 5) is 0. The minimum atomic E-state index is 0.331. The summed E-state index contributed by atoms with van der Waals surface area (Å²) in [5.41, 5.74) is 0. The van der Waals surface area contributed by atoms with Crippen molar-refractivity contribution in [2.24, 2.45) is 0 Å². The standard InChI is InChI=1S/C10H23NOS/c1-9(2)12-7-6-11-8-10(3,4)13-5/h9,11H,6-8H2,1-5H3. The first-order valence-electron chi connectivity index (χ1n) is 4.85. The van der Waals surface area contributed by atoms with Gasteiger partial charge >= 0.3 is 0 Å². The summed E-state index contributed by atoms with van der Waals surface area (Å²) < 4.78 is 5.75. The van der Waals surface area contributed by atoms with Crippen molar-refractivity contribution in [2.45, 2.75) is 38.5 Å². The Morgan fingerprint density at radius 3 is 2.46 bits per heavy atom. The minimum absolute atomic E-state index is 0.331. The fourth-order valence-corrected chi connectivity index (χ4v) is 1.07. The van der Waals surface area contributed by atoms with Crippen LogP contribution in [0.4, 0.5) is 0 Å². The van der Waals surface area contributed by atoms with E-state index in [1.165, 1.54) is 0 Å². The Kier molecular flexibility index (Phi) is 6.82. The van der Waals surface area contributed by atoms with Crippen LogP contribution < -0.4 is 5.32 Å². The molecule has 0 aliphatic heterocycles. The first kappa shape index (κ1) is 13.3. The number of hydrogen-bond donors (Lipinski definition) is 1. The lowest BCUT2D eigenvalue weighted by atomic mass is 10.2. The average molecular weight is 205 g/mol. The highest BCUT2D eigenvalue weighted by atomic mass is 32.2. The van der Waals surface area contributed by atoms with Gasteiger partial charge in [0.05, 0.1) is 12.7 Å². The van der Waals surface area contributed by atoms with Crippen LogP contribution in [-0.2, 0) is 4.74 Å². The van der Waals surface area contributed by atoms with Crippen LogP contribution in [0.25, 0.3) is 0 Å². The summed E-state index contributed by atoms with van der Waals surface area (Å²) in [5, 5.41) is 3.39. The smallest absolute Gasteiger partial charge is 0.0594 e. The van der Waals surface area contributed by atoms with Gasteiger partial charge < -0.3 is 10.1 Å². The van der Waals surface area contributed by atoms with Gasteiger partial charge in [-0.2, -0.15) is 11.8 Å². The van der Waals surface area contributed by atoms with Gasteiger partial charge in [0.2, 0.25) is 0 Å². The highest BCUT2D eigenvalue weighted by Gasteiger charge is 2.14. The molecule has 0 saturated heterocycles. The van der Waals surface area contributed by atoms with Gasteiger partial charge in [-0.3, -0.25) is 0 Å². The first-order chi connectivity index (χ1) is 5.98. The number of hydrogen-bond acceptors (Lipinski definition) is 3. The summed E-state index contributed by atoms with van der Waals surface area (Å²) in [6.07, 6.45) is 2.49. The molecule has 2 nitrogen and oxygen atoms in total. The molecule has 0 atom stereocenters. The van der Waals surface area contributed by atoms with E-state index in [0.717, 1.165) is 19.7 Å². The Labute approximate surface area is 86.8 Å². The van der Waals surface area contributed by atoms with E-state index in [9.17, 15) is 0 Å². The summed E-state index contributed by atoms with van der Waals surface area (Å²) in [5.74, 6) is 0. The van der Waals surface area contributed by atoms with Crippen molar-refractivity contribution in [2.75, 3.05) is 26.0 Å². The molecule has 0 saturated carbocycles. The van der Waals surface area contributed by atoms with Crippen LogP contribution in [0.3, 0.4) is 0 Å². The monoisotopic (exact) mass is 205 g/mol. The second-order valence-electron chi connectivity index (χ2n) is 4.06. The van der Waals surface area contributed by atoms with E-state index in [2.05, 4.69) is 39.3 Å². The second kappa shape index (κ2) is 6.68. The lowest BCUT2D eigenvalue weighted by Gasteiger charge is -2.22. The van der Waals surface area contributed by atoms with E-state index in [1.54, 1.807) is 0 Å². The normalized spacial score (nSPS) is 12.5. The summed E-state index contributed by atoms with van der Waals surface area (Å²) in [7, 11) is 0. The van der Waals surface area contributed by atoms with Gasteiger partial charge in [0.25, 0.3) is 0 Å². The Bertz CT molecular complexity index is 126. The maximum atomic E-state index is 5.42. The number of nitrogens with one attached hydrogen (secondary N) is 1. The maximum absolute atomic E-state index is 5.42. The molecule has 80 valence electrons. The van der Waals surface area contributed by atoms with Crippen molar-refractivity contribution in [1.29, 1.82) is 0 Å². The third-order valence-corrected chi connectivity index (χ3v) is 3.08. The summed E-state index contributed by atoms with van der Waals surface area (Å²) in [6, 6.07) is 0. The summed E-state index contributed by atoms with van der Waals surface area (Å²) in [6.45, 7) is 11.4. The molecule has 0 heterocycles. The third-order valence-electron chi connectivity index (χ3n) is 1.83. The van der Waals surface area contributed by atoms with Crippen molar-refractivity contribution in [3.8, 4) is 0 Å². The Morgan fingerprint density at radius 1 is 1.38 bits per heavy atom. The minimum Gasteiger partial charge on any atom is -0.377 e. The van der Waals surface area contributed by atoms with Crippen molar-refractivity contribution in [3.63, 3.8) is 0 Å². The lowest BCUT2D eigenvalue weighted by Crippen LogP contribution is -2.34. The van der Waals surface area contributed by atoms with E-state index in [0.29, 0.717) is 10.9 Å². The Morgan fingerprint density at radius 2 is 2.00 bits per heavy atom. The van der Waals surface area contributed by atoms with E-state index < -0.39 is 0 Å². The van der Waals surface area contributed by atoms with Crippen molar-refractivity contribution >= 4 is 11.8 Å². The lowest BCUT2D eigenvalue weighted by molar-refractivity contribution is 0.0807. The van der Waals surface area contributed by atoms with Gasteiger partial charge in [-0.15, -0.1) is 0 Å². The van der Waals surface area contributed by atoms with Gasteiger partial charge in [0.15, 0.2) is 0 Å². The fourth-order valence-electron chi connectivity index (χ4n) is 0.828. The fraction of sp³-hybridized carbons (Fsp3) is 1.00. The molecule has 0 radical (unpaired) electrons. The molecule has 3 heteroatoms. The number of ether oxygens (including phenoxy) is 1. The van der Waals surface area contributed by atoms with Crippen LogP contribution >= 0.6 is 11.8 Å². The van der Waals surface area contributed by atoms with Gasteiger partial charge in [0.1, 0.15) is 0 Å². The molecule has 0 fully saturated rings. The third kappa shape index (κ3) is 8.60. The van der Waals surface area contributed by atoms with Crippen molar-refractivity contribution < 1.29 is 4.74 Å². The van der Waals surface area contributed by atoms with Gasteiger partial charge in [0, 0.05) is 17.8 Å². The van der Waals surface area contributed by atoms with Crippen LogP contribution in [0, 0.1) is 0 Å². The predicted molar refractivity (Wildman–Crippen MR) is 61.6 cm³/mol. The number of thioether (sulfide) groups is 1. The highest BCUT2D eigenvalue weighted by Crippen LogP contribution is 2.19. The molecule has 0 aromatic carbocycles. The first-order valence-corrected chi connectivity index (χ1v) is 6.08. The molecular formula is C10H23NOS. The molecular weight excluding hydrogens is 182 g/mol. The maximum Gasteiger partial charge on any atom is 0.0594 e. The number of rotatable bonds is 7. The van der Waals surface area contributed by atoms with Crippen LogP contribution in [-0.4, -0.2) is 36.8 Å². The molecule has 0 aromatic heterocycles. The van der Waals surface area contributed by atoms with Crippen molar-refractivity contribution in [1.82, 2.24) is 5.32 Å². The van der Waals surface area contributed by atoms with Crippen LogP contribution in [0.2, 0.25) is 0 Å². The molecule has 1 N–H and O–H groups in total. The molecule has 0 amide bonds. The van der Waals surface area contributed by atoms with Gasteiger partial charge in [-0.05, 0) is 34.0 Å². The molecule has 0 aliphatic rings. The zero-order valence-electron chi connectivity index (χ0n) is 9.52. The van der Waals surface area contributed by atoms with E-state index >= 15 is 0 Å². The van der Waals surface area contributed by atoms with Crippen LogP contribution in [0.15, 0.2) is 0 Å². The molecule has 13 heavy (non-hydrogen) atoms. The molecule has 0 aliphatic carbocycles. The SMILES string of the molecule is CSC(C)(C)CNCCOC(C)C. The zero-order chi connectivity index (χ0) is 10.3. The molecule has 0 bridgehead atoms. The van der Waals surface area contributed by atoms with Gasteiger partial charge in [-0.1, -0.05) is 0 Å². The zero-order valence-corrected chi connectivity index (χ0v) is 10.3. The molecule has 0 rings (SSSR count). The molecule has 0 aromatic rings. The van der Waals surface area contributed by atoms with Gasteiger partial charge in [-0.25, -0.2) is 0 Å². The van der Waals surface area contributed by atoms with Crippen LogP contribution in [0.1, 0.15) is 27.7 Å². The molecule has 0 spiro atoms.